The van der Waals surface area contributed by atoms with Gasteiger partial charge < -0.3 is 9.84 Å². The molecular weight excluding hydrogens is 297 g/mol. The fraction of sp³-hybridized carbons (Fsp3) is 0.615. The van der Waals surface area contributed by atoms with Gasteiger partial charge in [0.15, 0.2) is 0 Å². The van der Waals surface area contributed by atoms with E-state index in [0.29, 0.717) is 26.0 Å². The third-order valence-corrected chi connectivity index (χ3v) is 3.38. The van der Waals surface area contributed by atoms with Crippen molar-refractivity contribution >= 4 is 5.97 Å². The molecule has 1 aromatic rings. The number of carboxylic acid groups (broad SMARTS) is 1. The van der Waals surface area contributed by atoms with Crippen LogP contribution in [0.4, 0.5) is 4.39 Å². The zero-order valence-corrected chi connectivity index (χ0v) is 12.0. The average Bonchev–Trinajstić information content (AvgIpc) is 2.99. The molecule has 0 aliphatic carbocycles. The summed E-state index contributed by atoms with van der Waals surface area (Å²) in [6.07, 6.45) is 2.00. The lowest BCUT2D eigenvalue weighted by molar-refractivity contribution is -0.137. The second kappa shape index (κ2) is 7.32. The molecule has 2 rings (SSSR count). The Morgan fingerprint density at radius 2 is 2.27 bits per heavy atom. The van der Waals surface area contributed by atoms with Gasteiger partial charge in [0, 0.05) is 13.0 Å². The summed E-state index contributed by atoms with van der Waals surface area (Å²) in [6, 6.07) is 0. The van der Waals surface area contributed by atoms with Crippen molar-refractivity contribution in [3.05, 3.63) is 32.9 Å². The van der Waals surface area contributed by atoms with Gasteiger partial charge in [0.1, 0.15) is 6.23 Å². The van der Waals surface area contributed by atoms with Crippen LogP contribution in [0.25, 0.3) is 0 Å². The molecule has 1 aliphatic heterocycles. The van der Waals surface area contributed by atoms with Crippen LogP contribution < -0.4 is 16.6 Å². The van der Waals surface area contributed by atoms with E-state index in [1.165, 1.54) is 0 Å². The molecule has 0 amide bonds. The summed E-state index contributed by atoms with van der Waals surface area (Å²) >= 11 is 0. The van der Waals surface area contributed by atoms with E-state index in [0.717, 1.165) is 21.8 Å². The Morgan fingerprint density at radius 3 is 2.91 bits per heavy atom. The number of carboxylic acids is 1. The number of nitrogens with zero attached hydrogens (tertiary/aromatic N) is 2. The summed E-state index contributed by atoms with van der Waals surface area (Å²) in [5, 5.41) is 11.3. The minimum atomic E-state index is -1.03. The smallest absolute Gasteiger partial charge is 0.334 e. The van der Waals surface area contributed by atoms with Gasteiger partial charge in [-0.2, -0.15) is 4.39 Å². The number of aromatic nitrogens is 2. The third kappa shape index (κ3) is 3.80. The van der Waals surface area contributed by atoms with Crippen molar-refractivity contribution in [3.63, 3.8) is 0 Å². The van der Waals surface area contributed by atoms with Crippen LogP contribution in [0.1, 0.15) is 31.9 Å². The molecule has 0 saturated carbocycles. The highest BCUT2D eigenvalue weighted by atomic mass is 19.1. The maximum atomic E-state index is 13.7. The molecule has 0 aromatic carbocycles. The molecule has 1 fully saturated rings. The average molecular weight is 315 g/mol. The van der Waals surface area contributed by atoms with Crippen LogP contribution in [0.2, 0.25) is 0 Å². The highest BCUT2D eigenvalue weighted by molar-refractivity contribution is 5.66. The molecule has 1 unspecified atom stereocenters. The molecule has 1 atom stereocenters. The van der Waals surface area contributed by atoms with Crippen LogP contribution >= 0.6 is 0 Å². The molecule has 0 spiro atoms. The Labute approximate surface area is 125 Å². The number of hydrogen-bond donors (Lipinski definition) is 2. The van der Waals surface area contributed by atoms with E-state index < -0.39 is 29.3 Å². The quantitative estimate of drug-likeness (QED) is 0.680. The predicted molar refractivity (Wildman–Crippen MR) is 74.0 cm³/mol. The van der Waals surface area contributed by atoms with Gasteiger partial charge in [0.05, 0.1) is 12.9 Å². The van der Waals surface area contributed by atoms with Crippen LogP contribution in [-0.2, 0) is 16.2 Å². The molecule has 9 heteroatoms. The van der Waals surface area contributed by atoms with Gasteiger partial charge in [-0.3, -0.25) is 19.5 Å². The Hall–Kier alpha value is -2.00. The minimum Gasteiger partial charge on any atom is -0.481 e. The summed E-state index contributed by atoms with van der Waals surface area (Å²) in [4.78, 5) is 34.4. The first-order valence-electron chi connectivity index (χ1n) is 7.06. The SMILES string of the molecule is O=C(O)CCCNCn1c(=O)c(F)cn(C2CCCO2)c1=O. The van der Waals surface area contributed by atoms with Crippen LogP contribution in [0.15, 0.2) is 15.8 Å². The van der Waals surface area contributed by atoms with E-state index in [9.17, 15) is 18.8 Å². The van der Waals surface area contributed by atoms with Crippen molar-refractivity contribution < 1.29 is 19.0 Å². The van der Waals surface area contributed by atoms with Crippen molar-refractivity contribution in [2.24, 2.45) is 0 Å². The van der Waals surface area contributed by atoms with Gasteiger partial charge in [-0.25, -0.2) is 9.36 Å². The monoisotopic (exact) mass is 315 g/mol. The largest absolute Gasteiger partial charge is 0.481 e. The fourth-order valence-electron chi connectivity index (χ4n) is 2.27. The molecule has 122 valence electrons. The summed E-state index contributed by atoms with van der Waals surface area (Å²) in [7, 11) is 0. The molecule has 1 saturated heterocycles. The number of rotatable bonds is 7. The van der Waals surface area contributed by atoms with Crippen molar-refractivity contribution in [2.75, 3.05) is 13.2 Å². The van der Waals surface area contributed by atoms with Crippen LogP contribution in [0.5, 0.6) is 0 Å². The second-order valence-electron chi connectivity index (χ2n) is 5.02. The molecule has 0 bridgehead atoms. The first-order chi connectivity index (χ1) is 10.5. The van der Waals surface area contributed by atoms with Crippen molar-refractivity contribution in [2.45, 2.75) is 38.6 Å². The van der Waals surface area contributed by atoms with E-state index in [1.807, 2.05) is 0 Å². The van der Waals surface area contributed by atoms with E-state index in [1.54, 1.807) is 0 Å². The van der Waals surface area contributed by atoms with Gasteiger partial charge in [-0.15, -0.1) is 0 Å². The maximum absolute atomic E-state index is 13.7. The lowest BCUT2D eigenvalue weighted by atomic mass is 10.3. The molecule has 1 aromatic heterocycles. The zero-order chi connectivity index (χ0) is 16.1. The number of carbonyl (C=O) groups is 1. The lowest BCUT2D eigenvalue weighted by Gasteiger charge is -2.15. The first kappa shape index (κ1) is 16.4. The van der Waals surface area contributed by atoms with Gasteiger partial charge in [0.25, 0.3) is 5.56 Å². The first-order valence-corrected chi connectivity index (χ1v) is 7.06. The molecule has 8 nitrogen and oxygen atoms in total. The fourth-order valence-corrected chi connectivity index (χ4v) is 2.27. The van der Waals surface area contributed by atoms with Gasteiger partial charge in [-0.05, 0) is 25.8 Å². The van der Waals surface area contributed by atoms with E-state index in [2.05, 4.69) is 5.32 Å². The Kier molecular flexibility index (Phi) is 5.45. The lowest BCUT2D eigenvalue weighted by Crippen LogP contribution is -2.45. The Bertz CT molecular complexity index is 648. The number of ether oxygens (including phenoxy) is 1. The minimum absolute atomic E-state index is 0.0226. The van der Waals surface area contributed by atoms with Gasteiger partial charge in [0.2, 0.25) is 5.82 Å². The number of nitrogens with one attached hydrogen (secondary N) is 1. The van der Waals surface area contributed by atoms with E-state index >= 15 is 0 Å². The summed E-state index contributed by atoms with van der Waals surface area (Å²) < 4.78 is 20.9. The standard InChI is InChI=1S/C13H18FN3O5/c14-9-7-16(10-3-2-6-22-10)13(21)17(12(9)20)8-15-5-1-4-11(18)19/h7,10,15H,1-6,8H2,(H,18,19). The summed E-state index contributed by atoms with van der Waals surface area (Å²) in [5.74, 6) is -1.95. The van der Waals surface area contributed by atoms with Gasteiger partial charge in [-0.1, -0.05) is 0 Å². The molecule has 1 aliphatic rings. The van der Waals surface area contributed by atoms with Crippen molar-refractivity contribution in [1.29, 1.82) is 0 Å². The Morgan fingerprint density at radius 1 is 1.50 bits per heavy atom. The summed E-state index contributed by atoms with van der Waals surface area (Å²) in [5.41, 5.74) is -1.66. The van der Waals surface area contributed by atoms with Crippen LogP contribution in [0, 0.1) is 5.82 Å². The van der Waals surface area contributed by atoms with E-state index in [-0.39, 0.29) is 13.1 Å². The van der Waals surface area contributed by atoms with Crippen LogP contribution in [-0.4, -0.2) is 33.4 Å². The Balaban J connectivity index is 2.10. The molecule has 2 N–H and O–H groups in total. The molecule has 0 radical (unpaired) electrons. The number of aliphatic carboxylic acids is 1. The maximum Gasteiger partial charge on any atom is 0.334 e. The second-order valence-corrected chi connectivity index (χ2v) is 5.02. The molecule has 22 heavy (non-hydrogen) atoms. The van der Waals surface area contributed by atoms with Crippen molar-refractivity contribution in [1.82, 2.24) is 14.5 Å². The topological polar surface area (TPSA) is 103 Å². The van der Waals surface area contributed by atoms with Gasteiger partial charge >= 0.3 is 11.7 Å². The molecule has 2 heterocycles. The molecular formula is C13H18FN3O5. The number of hydrogen-bond acceptors (Lipinski definition) is 5. The highest BCUT2D eigenvalue weighted by Gasteiger charge is 2.21. The van der Waals surface area contributed by atoms with Crippen LogP contribution in [0.3, 0.4) is 0 Å². The third-order valence-electron chi connectivity index (χ3n) is 3.38. The van der Waals surface area contributed by atoms with E-state index in [4.69, 9.17) is 9.84 Å². The normalized spacial score (nSPS) is 17.8. The zero-order valence-electron chi connectivity index (χ0n) is 12.0. The highest BCUT2D eigenvalue weighted by Crippen LogP contribution is 2.20. The predicted octanol–water partition coefficient (Wildman–Crippen LogP) is -0.130. The van der Waals surface area contributed by atoms with Crippen molar-refractivity contribution in [3.8, 4) is 0 Å². The summed E-state index contributed by atoms with van der Waals surface area (Å²) in [6.45, 7) is 0.613. The number of halogens is 1.